The van der Waals surface area contributed by atoms with Crippen LogP contribution < -0.4 is 0 Å². The molecule has 3 rings (SSSR count). The fourth-order valence-corrected chi connectivity index (χ4v) is 2.12. The minimum absolute atomic E-state index is 0.00246. The number of hydrogen-bond donors (Lipinski definition) is 0. The second kappa shape index (κ2) is 5.35. The van der Waals surface area contributed by atoms with E-state index in [9.17, 15) is 14.9 Å². The quantitative estimate of drug-likeness (QED) is 0.622. The van der Waals surface area contributed by atoms with Gasteiger partial charge in [-0.1, -0.05) is 0 Å². The summed E-state index contributed by atoms with van der Waals surface area (Å²) in [6.07, 6.45) is 5.23. The lowest BCUT2D eigenvalue weighted by atomic mass is 10.2. The van der Waals surface area contributed by atoms with Gasteiger partial charge in [0.15, 0.2) is 5.76 Å². The number of pyridine rings is 1. The first-order valence-corrected chi connectivity index (χ1v) is 6.59. The van der Waals surface area contributed by atoms with E-state index < -0.39 is 10.8 Å². The summed E-state index contributed by atoms with van der Waals surface area (Å²) in [5, 5.41) is 10.6. The molecule has 0 bridgehead atoms. The predicted octanol–water partition coefficient (Wildman–Crippen LogP) is 2.39. The standard InChI is InChI=1S/C14H13N3O4/c18-14(12-3-4-13(21-12)17(19)20)16(11-1-2-11)9-10-5-7-15-8-6-10/h3-8,11H,1-2,9H2. The molecule has 0 aromatic carbocycles. The largest absolute Gasteiger partial charge is 0.433 e. The Balaban J connectivity index is 1.80. The minimum atomic E-state index is -0.652. The molecule has 108 valence electrons. The second-order valence-corrected chi connectivity index (χ2v) is 4.91. The highest BCUT2D eigenvalue weighted by atomic mass is 16.6. The first kappa shape index (κ1) is 13.3. The van der Waals surface area contributed by atoms with Gasteiger partial charge in [0.25, 0.3) is 5.91 Å². The van der Waals surface area contributed by atoms with E-state index in [1.807, 2.05) is 12.1 Å². The van der Waals surface area contributed by atoms with Gasteiger partial charge in [0.2, 0.25) is 0 Å². The molecule has 2 aromatic rings. The van der Waals surface area contributed by atoms with Crippen LogP contribution in [0.15, 0.2) is 41.1 Å². The number of carbonyl (C=O) groups excluding carboxylic acids is 1. The van der Waals surface area contributed by atoms with Crippen molar-refractivity contribution in [2.75, 3.05) is 0 Å². The van der Waals surface area contributed by atoms with E-state index in [0.29, 0.717) is 6.54 Å². The number of furan rings is 1. The third-order valence-electron chi connectivity index (χ3n) is 3.33. The molecule has 0 radical (unpaired) electrons. The van der Waals surface area contributed by atoms with Gasteiger partial charge in [-0.2, -0.15) is 0 Å². The molecule has 0 saturated heterocycles. The molecule has 0 unspecified atom stereocenters. The highest BCUT2D eigenvalue weighted by Crippen LogP contribution is 2.30. The summed E-state index contributed by atoms with van der Waals surface area (Å²) < 4.78 is 5.00. The van der Waals surface area contributed by atoms with Crippen LogP contribution in [0.5, 0.6) is 0 Å². The van der Waals surface area contributed by atoms with Crippen LogP contribution >= 0.6 is 0 Å². The van der Waals surface area contributed by atoms with Crippen LogP contribution in [0, 0.1) is 10.1 Å². The van der Waals surface area contributed by atoms with Gasteiger partial charge in [0.05, 0.1) is 6.07 Å². The average Bonchev–Trinajstić information content (AvgIpc) is 3.20. The fraction of sp³-hybridized carbons (Fsp3) is 0.286. The maximum Gasteiger partial charge on any atom is 0.433 e. The Hall–Kier alpha value is -2.70. The van der Waals surface area contributed by atoms with Crippen LogP contribution in [0.1, 0.15) is 29.0 Å². The molecule has 2 heterocycles. The van der Waals surface area contributed by atoms with Crippen molar-refractivity contribution in [3.63, 3.8) is 0 Å². The maximum atomic E-state index is 12.5. The molecular formula is C14H13N3O4. The van der Waals surface area contributed by atoms with E-state index in [-0.39, 0.29) is 17.7 Å². The van der Waals surface area contributed by atoms with Crippen LogP contribution in [-0.2, 0) is 6.54 Å². The van der Waals surface area contributed by atoms with Gasteiger partial charge in [-0.3, -0.25) is 19.9 Å². The van der Waals surface area contributed by atoms with Crippen LogP contribution in [0.25, 0.3) is 0 Å². The van der Waals surface area contributed by atoms with Crippen LogP contribution in [-0.4, -0.2) is 26.8 Å². The molecule has 1 saturated carbocycles. The van der Waals surface area contributed by atoms with E-state index in [0.717, 1.165) is 18.4 Å². The second-order valence-electron chi connectivity index (χ2n) is 4.91. The van der Waals surface area contributed by atoms with E-state index in [4.69, 9.17) is 4.42 Å². The molecule has 0 aliphatic heterocycles. The van der Waals surface area contributed by atoms with Gasteiger partial charge in [-0.25, -0.2) is 0 Å². The Morgan fingerprint density at radius 3 is 2.62 bits per heavy atom. The molecule has 1 fully saturated rings. The third kappa shape index (κ3) is 2.91. The molecule has 7 heteroatoms. The average molecular weight is 287 g/mol. The van der Waals surface area contributed by atoms with Crippen molar-refractivity contribution in [2.45, 2.75) is 25.4 Å². The summed E-state index contributed by atoms with van der Waals surface area (Å²) in [6.45, 7) is 0.445. The van der Waals surface area contributed by atoms with Crippen LogP contribution in [0.2, 0.25) is 0 Å². The topological polar surface area (TPSA) is 89.5 Å². The normalized spacial score (nSPS) is 13.9. The molecule has 0 spiro atoms. The summed E-state index contributed by atoms with van der Waals surface area (Å²) in [4.78, 5) is 28.1. The molecule has 0 N–H and O–H groups in total. The maximum absolute atomic E-state index is 12.5. The molecule has 1 aliphatic carbocycles. The predicted molar refractivity (Wildman–Crippen MR) is 72.5 cm³/mol. The first-order chi connectivity index (χ1) is 10.1. The number of carbonyl (C=O) groups is 1. The molecule has 1 amide bonds. The lowest BCUT2D eigenvalue weighted by Gasteiger charge is -2.21. The van der Waals surface area contributed by atoms with Gasteiger partial charge in [0.1, 0.15) is 4.92 Å². The Morgan fingerprint density at radius 2 is 2.05 bits per heavy atom. The highest BCUT2D eigenvalue weighted by molar-refractivity contribution is 5.92. The van der Waals surface area contributed by atoms with Crippen molar-refractivity contribution in [1.29, 1.82) is 0 Å². The SMILES string of the molecule is O=C(c1ccc([N+](=O)[O-])o1)N(Cc1ccncc1)C1CC1. The lowest BCUT2D eigenvalue weighted by molar-refractivity contribution is -0.402. The van der Waals surface area contributed by atoms with Crippen molar-refractivity contribution in [3.05, 3.63) is 58.1 Å². The summed E-state index contributed by atoms with van der Waals surface area (Å²) in [5.74, 6) is -0.733. The van der Waals surface area contributed by atoms with E-state index in [1.54, 1.807) is 17.3 Å². The van der Waals surface area contributed by atoms with Crippen molar-refractivity contribution in [1.82, 2.24) is 9.88 Å². The van der Waals surface area contributed by atoms with Crippen molar-refractivity contribution in [3.8, 4) is 0 Å². The third-order valence-corrected chi connectivity index (χ3v) is 3.33. The molecule has 1 aliphatic rings. The van der Waals surface area contributed by atoms with Gasteiger partial charge < -0.3 is 9.32 Å². The number of nitro groups is 1. The van der Waals surface area contributed by atoms with Gasteiger partial charge in [0, 0.05) is 25.0 Å². The molecule has 2 aromatic heterocycles. The number of amides is 1. The van der Waals surface area contributed by atoms with Crippen LogP contribution in [0.3, 0.4) is 0 Å². The lowest BCUT2D eigenvalue weighted by Crippen LogP contribution is -2.32. The Morgan fingerprint density at radius 1 is 1.33 bits per heavy atom. The fourth-order valence-electron chi connectivity index (χ4n) is 2.12. The molecule has 0 atom stereocenters. The molecular weight excluding hydrogens is 274 g/mol. The Labute approximate surface area is 120 Å². The molecule has 7 nitrogen and oxygen atoms in total. The Kier molecular flexibility index (Phi) is 3.39. The Bertz CT molecular complexity index is 664. The van der Waals surface area contributed by atoms with E-state index in [1.165, 1.54) is 12.1 Å². The first-order valence-electron chi connectivity index (χ1n) is 6.59. The van der Waals surface area contributed by atoms with E-state index >= 15 is 0 Å². The van der Waals surface area contributed by atoms with Crippen LogP contribution in [0.4, 0.5) is 5.88 Å². The number of hydrogen-bond acceptors (Lipinski definition) is 5. The van der Waals surface area contributed by atoms with Gasteiger partial charge in [-0.15, -0.1) is 0 Å². The monoisotopic (exact) mass is 287 g/mol. The summed E-state index contributed by atoms with van der Waals surface area (Å²) >= 11 is 0. The number of nitrogens with zero attached hydrogens (tertiary/aromatic N) is 3. The molecule has 21 heavy (non-hydrogen) atoms. The zero-order valence-electron chi connectivity index (χ0n) is 11.1. The summed E-state index contributed by atoms with van der Waals surface area (Å²) in [6, 6.07) is 6.41. The van der Waals surface area contributed by atoms with Crippen molar-refractivity contribution in [2.24, 2.45) is 0 Å². The zero-order valence-corrected chi connectivity index (χ0v) is 11.1. The zero-order chi connectivity index (χ0) is 14.8. The summed E-state index contributed by atoms with van der Waals surface area (Å²) in [5.41, 5.74) is 0.964. The van der Waals surface area contributed by atoms with Gasteiger partial charge in [-0.05, 0) is 36.6 Å². The minimum Gasteiger partial charge on any atom is -0.395 e. The number of aromatic nitrogens is 1. The number of rotatable bonds is 5. The highest BCUT2D eigenvalue weighted by Gasteiger charge is 2.34. The van der Waals surface area contributed by atoms with Crippen molar-refractivity contribution < 1.29 is 14.1 Å². The summed E-state index contributed by atoms with van der Waals surface area (Å²) in [7, 11) is 0. The van der Waals surface area contributed by atoms with Gasteiger partial charge >= 0.3 is 5.88 Å². The smallest absolute Gasteiger partial charge is 0.395 e. The van der Waals surface area contributed by atoms with E-state index in [2.05, 4.69) is 4.98 Å². The van der Waals surface area contributed by atoms with Crippen molar-refractivity contribution >= 4 is 11.8 Å².